The number of nitrogens with one attached hydrogen (secondary N) is 1. The van der Waals surface area contributed by atoms with E-state index in [2.05, 4.69) is 5.32 Å². The van der Waals surface area contributed by atoms with Crippen LogP contribution < -0.4 is 5.32 Å². The zero-order valence-corrected chi connectivity index (χ0v) is 13.2. The lowest BCUT2D eigenvalue weighted by Crippen LogP contribution is -2.39. The van der Waals surface area contributed by atoms with Crippen LogP contribution in [0.25, 0.3) is 0 Å². The molecule has 3 nitrogen and oxygen atoms in total. The molecule has 0 aliphatic heterocycles. The number of aliphatic hydroxyl groups is 1. The number of carbonyl (C=O) groups excluding carboxylic acids is 1. The SMILES string of the molecule is CC(O)(CNC(=O)Cc1ccc(F)cc1Cl)c1ccc(F)cc1. The Kier molecular flexibility index (Phi) is 5.34. The molecule has 2 aromatic carbocycles. The van der Waals surface area contributed by atoms with Gasteiger partial charge in [0.2, 0.25) is 5.91 Å². The maximum Gasteiger partial charge on any atom is 0.224 e. The second-order valence-electron chi connectivity index (χ2n) is 5.47. The van der Waals surface area contributed by atoms with E-state index in [-0.39, 0.29) is 23.9 Å². The molecule has 0 aliphatic rings. The van der Waals surface area contributed by atoms with Crippen LogP contribution in [0.4, 0.5) is 8.78 Å². The van der Waals surface area contributed by atoms with Crippen molar-refractivity contribution in [2.24, 2.45) is 0 Å². The zero-order chi connectivity index (χ0) is 17.0. The second kappa shape index (κ2) is 7.06. The number of carbonyl (C=O) groups is 1. The highest BCUT2D eigenvalue weighted by atomic mass is 35.5. The van der Waals surface area contributed by atoms with Gasteiger partial charge in [-0.25, -0.2) is 8.78 Å². The predicted octanol–water partition coefficient (Wildman–Crippen LogP) is 3.18. The maximum atomic E-state index is 13.0. The molecule has 0 fully saturated rings. The molecule has 0 aliphatic carbocycles. The van der Waals surface area contributed by atoms with Gasteiger partial charge in [0.15, 0.2) is 0 Å². The summed E-state index contributed by atoms with van der Waals surface area (Å²) in [5.74, 6) is -1.24. The molecule has 1 atom stereocenters. The molecule has 2 rings (SSSR count). The third kappa shape index (κ3) is 4.74. The molecule has 1 amide bonds. The average Bonchev–Trinajstić information content (AvgIpc) is 2.49. The van der Waals surface area contributed by atoms with Crippen molar-refractivity contribution in [2.45, 2.75) is 18.9 Å². The van der Waals surface area contributed by atoms with Crippen LogP contribution in [0.5, 0.6) is 0 Å². The molecular formula is C17H16ClF2NO2. The highest BCUT2D eigenvalue weighted by molar-refractivity contribution is 6.31. The number of benzene rings is 2. The summed E-state index contributed by atoms with van der Waals surface area (Å²) >= 11 is 5.87. The summed E-state index contributed by atoms with van der Waals surface area (Å²) < 4.78 is 25.9. The van der Waals surface area contributed by atoms with E-state index in [4.69, 9.17) is 11.6 Å². The van der Waals surface area contributed by atoms with E-state index >= 15 is 0 Å². The van der Waals surface area contributed by atoms with Crippen molar-refractivity contribution < 1.29 is 18.7 Å². The Hall–Kier alpha value is -1.98. The summed E-state index contributed by atoms with van der Waals surface area (Å²) in [7, 11) is 0. The summed E-state index contributed by atoms with van der Waals surface area (Å²) in [6.45, 7) is 1.47. The van der Waals surface area contributed by atoms with Crippen LogP contribution in [0.1, 0.15) is 18.1 Å². The molecule has 6 heteroatoms. The van der Waals surface area contributed by atoms with Crippen LogP contribution in [-0.4, -0.2) is 17.6 Å². The average molecular weight is 340 g/mol. The predicted molar refractivity (Wildman–Crippen MR) is 84.1 cm³/mol. The monoisotopic (exact) mass is 339 g/mol. The summed E-state index contributed by atoms with van der Waals surface area (Å²) in [4.78, 5) is 11.9. The van der Waals surface area contributed by atoms with E-state index in [1.165, 1.54) is 43.3 Å². The first-order chi connectivity index (χ1) is 10.8. The van der Waals surface area contributed by atoms with Crippen LogP contribution in [-0.2, 0) is 16.8 Å². The van der Waals surface area contributed by atoms with Gasteiger partial charge in [0.05, 0.1) is 13.0 Å². The normalized spacial score (nSPS) is 13.4. The van der Waals surface area contributed by atoms with E-state index in [1.807, 2.05) is 0 Å². The van der Waals surface area contributed by atoms with E-state index in [0.717, 1.165) is 6.07 Å². The molecule has 0 spiro atoms. The number of hydrogen-bond donors (Lipinski definition) is 2. The highest BCUT2D eigenvalue weighted by Crippen LogP contribution is 2.21. The van der Waals surface area contributed by atoms with E-state index in [0.29, 0.717) is 11.1 Å². The van der Waals surface area contributed by atoms with Crippen molar-refractivity contribution in [3.63, 3.8) is 0 Å². The minimum absolute atomic E-state index is 0.0292. The van der Waals surface area contributed by atoms with Gasteiger partial charge < -0.3 is 10.4 Å². The molecular weight excluding hydrogens is 324 g/mol. The minimum atomic E-state index is -1.34. The van der Waals surface area contributed by atoms with Gasteiger partial charge in [-0.05, 0) is 42.3 Å². The lowest BCUT2D eigenvalue weighted by atomic mass is 9.96. The Morgan fingerprint density at radius 2 is 1.78 bits per heavy atom. The lowest BCUT2D eigenvalue weighted by Gasteiger charge is -2.24. The van der Waals surface area contributed by atoms with Gasteiger partial charge in [0.1, 0.15) is 17.2 Å². The third-order valence-corrected chi connectivity index (χ3v) is 3.81. The fourth-order valence-corrected chi connectivity index (χ4v) is 2.32. The first-order valence-electron chi connectivity index (χ1n) is 6.97. The van der Waals surface area contributed by atoms with Crippen LogP contribution in [0.2, 0.25) is 5.02 Å². The van der Waals surface area contributed by atoms with E-state index < -0.39 is 17.2 Å². The first-order valence-corrected chi connectivity index (χ1v) is 7.35. The molecule has 2 aromatic rings. The summed E-state index contributed by atoms with van der Waals surface area (Å²) in [5.41, 5.74) is -0.360. The Balaban J connectivity index is 1.96. The van der Waals surface area contributed by atoms with Crippen molar-refractivity contribution in [2.75, 3.05) is 6.54 Å². The number of amides is 1. The van der Waals surface area contributed by atoms with Crippen LogP contribution in [0.3, 0.4) is 0 Å². The van der Waals surface area contributed by atoms with Gasteiger partial charge in [-0.3, -0.25) is 4.79 Å². The largest absolute Gasteiger partial charge is 0.384 e. The highest BCUT2D eigenvalue weighted by Gasteiger charge is 2.24. The molecule has 23 heavy (non-hydrogen) atoms. The smallest absolute Gasteiger partial charge is 0.224 e. The fourth-order valence-electron chi connectivity index (χ4n) is 2.08. The molecule has 1 unspecified atom stereocenters. The van der Waals surface area contributed by atoms with Crippen LogP contribution >= 0.6 is 11.6 Å². The molecule has 0 saturated heterocycles. The molecule has 0 aromatic heterocycles. The van der Waals surface area contributed by atoms with E-state index in [1.54, 1.807) is 0 Å². The molecule has 2 N–H and O–H groups in total. The Labute approximate surface area is 137 Å². The first kappa shape index (κ1) is 17.4. The third-order valence-electron chi connectivity index (χ3n) is 3.46. The van der Waals surface area contributed by atoms with E-state index in [9.17, 15) is 18.7 Å². The minimum Gasteiger partial charge on any atom is -0.384 e. The van der Waals surface area contributed by atoms with Gasteiger partial charge in [-0.2, -0.15) is 0 Å². The van der Waals surface area contributed by atoms with Gasteiger partial charge in [-0.1, -0.05) is 29.8 Å². The van der Waals surface area contributed by atoms with Crippen molar-refractivity contribution in [3.8, 4) is 0 Å². The quantitative estimate of drug-likeness (QED) is 0.879. The topological polar surface area (TPSA) is 49.3 Å². The summed E-state index contributed by atoms with van der Waals surface area (Å²) in [6, 6.07) is 9.20. The molecule has 0 bridgehead atoms. The molecule has 0 saturated carbocycles. The fraction of sp³-hybridized carbons (Fsp3) is 0.235. The van der Waals surface area contributed by atoms with Gasteiger partial charge in [-0.15, -0.1) is 0 Å². The Morgan fingerprint density at radius 3 is 2.39 bits per heavy atom. The number of halogens is 3. The molecule has 0 heterocycles. The standard InChI is InChI=1S/C17H16ClF2NO2/c1-17(23,12-3-6-13(19)7-4-12)10-21-16(22)8-11-2-5-14(20)9-15(11)18/h2-7,9,23H,8,10H2,1H3,(H,21,22). The number of rotatable bonds is 5. The van der Waals surface area contributed by atoms with Gasteiger partial charge >= 0.3 is 0 Å². The second-order valence-corrected chi connectivity index (χ2v) is 5.88. The zero-order valence-electron chi connectivity index (χ0n) is 12.4. The molecule has 0 radical (unpaired) electrons. The maximum absolute atomic E-state index is 13.0. The van der Waals surface area contributed by atoms with Gasteiger partial charge in [0.25, 0.3) is 0 Å². The van der Waals surface area contributed by atoms with Crippen LogP contribution in [0.15, 0.2) is 42.5 Å². The van der Waals surface area contributed by atoms with Crippen molar-refractivity contribution in [1.29, 1.82) is 0 Å². The summed E-state index contributed by atoms with van der Waals surface area (Å²) in [6.07, 6.45) is -0.0292. The lowest BCUT2D eigenvalue weighted by molar-refractivity contribution is -0.121. The number of hydrogen-bond acceptors (Lipinski definition) is 2. The Morgan fingerprint density at radius 1 is 1.17 bits per heavy atom. The van der Waals surface area contributed by atoms with Crippen molar-refractivity contribution in [3.05, 3.63) is 70.2 Å². The molecule has 122 valence electrons. The summed E-state index contributed by atoms with van der Waals surface area (Å²) in [5, 5.41) is 13.1. The van der Waals surface area contributed by atoms with Crippen LogP contribution in [0, 0.1) is 11.6 Å². The van der Waals surface area contributed by atoms with Crippen molar-refractivity contribution >= 4 is 17.5 Å². The Bertz CT molecular complexity index is 702. The van der Waals surface area contributed by atoms with Gasteiger partial charge in [0, 0.05) is 5.02 Å². The van der Waals surface area contributed by atoms with Crippen molar-refractivity contribution in [1.82, 2.24) is 5.32 Å².